The van der Waals surface area contributed by atoms with Crippen molar-refractivity contribution >= 4 is 23.1 Å². The summed E-state index contributed by atoms with van der Waals surface area (Å²) in [6, 6.07) is -0.0635. The van der Waals surface area contributed by atoms with Gasteiger partial charge in [-0.05, 0) is 33.2 Å². The van der Waals surface area contributed by atoms with Gasteiger partial charge in [0.25, 0.3) is 5.91 Å². The van der Waals surface area contributed by atoms with Crippen LogP contribution in [0.15, 0.2) is 5.51 Å². The number of hydrogen-bond donors (Lipinski definition) is 0. The maximum Gasteiger partial charge on any atom is 0.266 e. The Bertz CT molecular complexity index is 880. The van der Waals surface area contributed by atoms with Crippen LogP contribution < -0.4 is 4.90 Å². The van der Waals surface area contributed by atoms with Crippen LogP contribution in [0.1, 0.15) is 57.8 Å². The van der Waals surface area contributed by atoms with Gasteiger partial charge in [0.1, 0.15) is 10.7 Å². The molecule has 0 aromatic carbocycles. The number of nitrogens with zero attached hydrogens (tertiary/aromatic N) is 6. The monoisotopic (exact) mass is 400 g/mol. The van der Waals surface area contributed by atoms with Crippen molar-refractivity contribution in [2.45, 2.75) is 45.2 Å². The van der Waals surface area contributed by atoms with Crippen molar-refractivity contribution in [2.75, 3.05) is 39.1 Å². The number of aryl methyl sites for hydroxylation is 1. The summed E-state index contributed by atoms with van der Waals surface area (Å²) in [6.45, 7) is 4.53. The van der Waals surface area contributed by atoms with Crippen LogP contribution in [0.3, 0.4) is 0 Å². The summed E-state index contributed by atoms with van der Waals surface area (Å²) >= 11 is 1.42. The predicted molar refractivity (Wildman–Crippen MR) is 111 cm³/mol. The smallest absolute Gasteiger partial charge is 0.266 e. The number of fused-ring (bicyclic) bond motifs is 1. The van der Waals surface area contributed by atoms with Gasteiger partial charge in [-0.25, -0.2) is 15.0 Å². The maximum absolute atomic E-state index is 13.2. The summed E-state index contributed by atoms with van der Waals surface area (Å²) in [7, 11) is 6.20. The molecule has 0 N–H and O–H groups in total. The molecule has 1 saturated heterocycles. The first-order valence-corrected chi connectivity index (χ1v) is 10.8. The molecular formula is C20H28N6OS. The summed E-state index contributed by atoms with van der Waals surface area (Å²) in [5.41, 5.74) is 4.91. The molecular weight excluding hydrogens is 372 g/mol. The number of rotatable bonds is 3. The van der Waals surface area contributed by atoms with Crippen LogP contribution in [0.25, 0.3) is 0 Å². The number of carbonyl (C=O) groups excluding carboxylic acids is 1. The fourth-order valence-corrected chi connectivity index (χ4v) is 4.91. The number of hydrogen-bond acceptors (Lipinski definition) is 7. The number of amides is 1. The molecule has 8 heteroatoms. The minimum atomic E-state index is -0.0635. The Morgan fingerprint density at radius 1 is 1.25 bits per heavy atom. The minimum Gasteiger partial charge on any atom is -0.362 e. The fraction of sp³-hybridized carbons (Fsp3) is 0.600. The molecule has 1 amide bonds. The summed E-state index contributed by atoms with van der Waals surface area (Å²) in [4.78, 5) is 34.5. The van der Waals surface area contributed by atoms with Crippen LogP contribution in [-0.2, 0) is 13.0 Å². The molecule has 1 unspecified atom stereocenters. The van der Waals surface area contributed by atoms with Gasteiger partial charge in [-0.15, -0.1) is 11.3 Å². The summed E-state index contributed by atoms with van der Waals surface area (Å²) in [5.74, 6) is 1.85. The second-order valence-corrected chi connectivity index (χ2v) is 8.84. The Kier molecular flexibility index (Phi) is 5.33. The maximum atomic E-state index is 13.2. The molecule has 4 rings (SSSR count). The van der Waals surface area contributed by atoms with Gasteiger partial charge in [-0.2, -0.15) is 0 Å². The average molecular weight is 401 g/mol. The van der Waals surface area contributed by atoms with Crippen molar-refractivity contribution in [3.8, 4) is 0 Å². The predicted octanol–water partition coefficient (Wildman–Crippen LogP) is 2.66. The topological polar surface area (TPSA) is 65.5 Å². The van der Waals surface area contributed by atoms with Gasteiger partial charge in [0.2, 0.25) is 0 Å². The van der Waals surface area contributed by atoms with Crippen LogP contribution in [0, 0.1) is 6.92 Å². The van der Waals surface area contributed by atoms with Gasteiger partial charge in [-0.3, -0.25) is 4.79 Å². The molecule has 1 fully saturated rings. The zero-order valence-electron chi connectivity index (χ0n) is 17.1. The van der Waals surface area contributed by atoms with Crippen LogP contribution >= 0.6 is 11.3 Å². The van der Waals surface area contributed by atoms with Crippen molar-refractivity contribution in [1.29, 1.82) is 0 Å². The SMILES string of the molecule is Cc1ncsc1C(=O)N1CCCCC1c1nc2c(c(N(C)C)n1)CN(C)CC2. The number of likely N-dealkylation sites (tertiary alicyclic amines) is 1. The van der Waals surface area contributed by atoms with E-state index in [4.69, 9.17) is 9.97 Å². The molecule has 2 aromatic rings. The summed E-state index contributed by atoms with van der Waals surface area (Å²) in [5, 5.41) is 0. The van der Waals surface area contributed by atoms with Crippen molar-refractivity contribution in [3.05, 3.63) is 33.2 Å². The quantitative estimate of drug-likeness (QED) is 0.789. The van der Waals surface area contributed by atoms with Gasteiger partial charge < -0.3 is 14.7 Å². The molecule has 2 aliphatic heterocycles. The third-order valence-corrected chi connectivity index (χ3v) is 6.59. The number of carbonyl (C=O) groups is 1. The molecule has 0 spiro atoms. The zero-order valence-corrected chi connectivity index (χ0v) is 17.9. The highest BCUT2D eigenvalue weighted by Crippen LogP contribution is 2.34. The molecule has 0 aliphatic carbocycles. The highest BCUT2D eigenvalue weighted by molar-refractivity contribution is 7.11. The van der Waals surface area contributed by atoms with Gasteiger partial charge in [0.05, 0.1) is 22.9 Å². The second kappa shape index (κ2) is 7.75. The number of likely N-dealkylation sites (N-methyl/N-ethyl adjacent to an activating group) is 1. The lowest BCUT2D eigenvalue weighted by Gasteiger charge is -2.36. The van der Waals surface area contributed by atoms with E-state index in [1.54, 1.807) is 5.51 Å². The highest BCUT2D eigenvalue weighted by Gasteiger charge is 2.33. The Morgan fingerprint density at radius 3 is 2.79 bits per heavy atom. The van der Waals surface area contributed by atoms with Crippen molar-refractivity contribution in [1.82, 2.24) is 24.8 Å². The third kappa shape index (κ3) is 3.51. The van der Waals surface area contributed by atoms with E-state index in [-0.39, 0.29) is 11.9 Å². The zero-order chi connectivity index (χ0) is 19.8. The first-order valence-electron chi connectivity index (χ1n) is 9.92. The van der Waals surface area contributed by atoms with E-state index >= 15 is 0 Å². The van der Waals surface area contributed by atoms with Crippen LogP contribution in [0.2, 0.25) is 0 Å². The van der Waals surface area contributed by atoms with Crippen molar-refractivity contribution in [2.24, 2.45) is 0 Å². The lowest BCUT2D eigenvalue weighted by atomic mass is 9.99. The summed E-state index contributed by atoms with van der Waals surface area (Å²) < 4.78 is 0. The van der Waals surface area contributed by atoms with Gasteiger partial charge >= 0.3 is 0 Å². The molecule has 0 radical (unpaired) electrons. The largest absolute Gasteiger partial charge is 0.362 e. The molecule has 4 heterocycles. The second-order valence-electron chi connectivity index (χ2n) is 7.99. The van der Waals surface area contributed by atoms with Gasteiger partial charge in [0.15, 0.2) is 5.82 Å². The van der Waals surface area contributed by atoms with Crippen LogP contribution in [-0.4, -0.2) is 64.9 Å². The van der Waals surface area contributed by atoms with E-state index in [9.17, 15) is 4.79 Å². The molecule has 28 heavy (non-hydrogen) atoms. The number of thiazole rings is 1. The van der Waals surface area contributed by atoms with E-state index in [0.29, 0.717) is 0 Å². The van der Waals surface area contributed by atoms with Crippen LogP contribution in [0.5, 0.6) is 0 Å². The van der Waals surface area contributed by atoms with Gasteiger partial charge in [0, 0.05) is 45.7 Å². The van der Waals surface area contributed by atoms with E-state index in [1.165, 1.54) is 16.9 Å². The Hall–Kier alpha value is -2.06. The minimum absolute atomic E-state index is 0.0635. The third-order valence-electron chi connectivity index (χ3n) is 5.67. The molecule has 2 aliphatic rings. The standard InChI is InChI=1S/C20H28N6OS/c1-13-17(28-12-21-13)20(27)26-9-6-5-7-16(26)18-22-15-8-10-25(4)11-14(15)19(23-18)24(2)3/h12,16H,5-11H2,1-4H3. The summed E-state index contributed by atoms with van der Waals surface area (Å²) in [6.07, 6.45) is 3.96. The van der Waals surface area contributed by atoms with Crippen LogP contribution in [0.4, 0.5) is 5.82 Å². The lowest BCUT2D eigenvalue weighted by molar-refractivity contribution is 0.0603. The molecule has 1 atom stereocenters. The Labute approximate surface area is 170 Å². The van der Waals surface area contributed by atoms with E-state index in [1.807, 2.05) is 25.9 Å². The van der Waals surface area contributed by atoms with Crippen molar-refractivity contribution < 1.29 is 4.79 Å². The first kappa shape index (κ1) is 19.3. The highest BCUT2D eigenvalue weighted by atomic mass is 32.1. The molecule has 0 bridgehead atoms. The Morgan fingerprint density at radius 2 is 2.07 bits per heavy atom. The van der Waals surface area contributed by atoms with E-state index in [2.05, 4.69) is 21.8 Å². The molecule has 0 saturated carbocycles. The number of anilines is 1. The normalized spacial score (nSPS) is 20.1. The number of aromatic nitrogens is 3. The van der Waals surface area contributed by atoms with E-state index < -0.39 is 0 Å². The van der Waals surface area contributed by atoms with Gasteiger partial charge in [-0.1, -0.05) is 0 Å². The Balaban J connectivity index is 1.73. The first-order chi connectivity index (χ1) is 13.5. The molecule has 2 aromatic heterocycles. The number of piperidine rings is 1. The lowest BCUT2D eigenvalue weighted by Crippen LogP contribution is -2.40. The van der Waals surface area contributed by atoms with Crippen molar-refractivity contribution in [3.63, 3.8) is 0 Å². The molecule has 7 nitrogen and oxygen atoms in total. The van der Waals surface area contributed by atoms with E-state index in [0.717, 1.165) is 73.2 Å². The average Bonchev–Trinajstić information content (AvgIpc) is 3.12. The fourth-order valence-electron chi connectivity index (χ4n) is 4.15. The molecule has 150 valence electrons.